The normalized spacial score (nSPS) is 12.0. The Hall–Kier alpha value is -2.71. The molecule has 1 aromatic heterocycles. The molecule has 0 radical (unpaired) electrons. The maximum absolute atomic E-state index is 12.9. The monoisotopic (exact) mass is 431 g/mol. The second-order valence-electron chi connectivity index (χ2n) is 6.68. The third-order valence-electron chi connectivity index (χ3n) is 4.22. The molecule has 152 valence electrons. The smallest absolute Gasteiger partial charge is 0.238 e. The zero-order valence-corrected chi connectivity index (χ0v) is 17.9. The Labute approximate surface area is 178 Å². The molecule has 0 aliphatic carbocycles. The van der Waals surface area contributed by atoms with E-state index in [-0.39, 0.29) is 11.8 Å². The molecule has 0 saturated carbocycles. The van der Waals surface area contributed by atoms with E-state index in [1.54, 1.807) is 43.5 Å². The van der Waals surface area contributed by atoms with Crippen LogP contribution in [0.1, 0.15) is 13.8 Å². The minimum atomic E-state index is -0.401. The standard InChI is InChI=1S/C20H22ClN5O2S/c1-12(2)17(19(27)23-15-8-10-16(28-3)11-9-15)29-20-25-24-18(26(20)22)13-4-6-14(21)7-5-13/h4-12,17H,22H2,1-3H3,(H,23,27). The highest BCUT2D eigenvalue weighted by Gasteiger charge is 2.27. The predicted octanol–water partition coefficient (Wildman–Crippen LogP) is 4.08. The van der Waals surface area contributed by atoms with Gasteiger partial charge in [0.2, 0.25) is 11.1 Å². The minimum Gasteiger partial charge on any atom is -0.497 e. The third-order valence-corrected chi connectivity index (χ3v) is 5.97. The molecule has 1 unspecified atom stereocenters. The summed E-state index contributed by atoms with van der Waals surface area (Å²) in [7, 11) is 1.60. The molecule has 3 aromatic rings. The highest BCUT2D eigenvalue weighted by molar-refractivity contribution is 8.00. The van der Waals surface area contributed by atoms with Crippen molar-refractivity contribution in [3.63, 3.8) is 0 Å². The molecule has 0 aliphatic heterocycles. The first-order valence-electron chi connectivity index (χ1n) is 8.97. The molecule has 0 bridgehead atoms. The van der Waals surface area contributed by atoms with E-state index in [1.807, 2.05) is 26.0 Å². The van der Waals surface area contributed by atoms with E-state index in [1.165, 1.54) is 16.4 Å². The Morgan fingerprint density at radius 3 is 2.38 bits per heavy atom. The molecule has 0 saturated heterocycles. The number of methoxy groups -OCH3 is 1. The quantitative estimate of drug-likeness (QED) is 0.432. The summed E-state index contributed by atoms with van der Waals surface area (Å²) >= 11 is 7.22. The van der Waals surface area contributed by atoms with Crippen LogP contribution in [0.5, 0.6) is 5.75 Å². The van der Waals surface area contributed by atoms with Gasteiger partial charge in [0.05, 0.1) is 12.4 Å². The first kappa shape index (κ1) is 21.0. The van der Waals surface area contributed by atoms with Gasteiger partial charge in [-0.2, -0.15) is 0 Å². The molecule has 2 aromatic carbocycles. The summed E-state index contributed by atoms with van der Waals surface area (Å²) in [5, 5.41) is 12.0. The number of nitrogens with one attached hydrogen (secondary N) is 1. The Morgan fingerprint density at radius 1 is 1.14 bits per heavy atom. The van der Waals surface area contributed by atoms with E-state index in [9.17, 15) is 4.79 Å². The summed E-state index contributed by atoms with van der Waals surface area (Å²) in [4.78, 5) is 12.9. The van der Waals surface area contributed by atoms with Gasteiger partial charge in [-0.1, -0.05) is 37.2 Å². The lowest BCUT2D eigenvalue weighted by molar-refractivity contribution is -0.116. The third kappa shape index (κ3) is 5.02. The first-order chi connectivity index (χ1) is 13.9. The topological polar surface area (TPSA) is 95.1 Å². The molecular weight excluding hydrogens is 410 g/mol. The summed E-state index contributed by atoms with van der Waals surface area (Å²) < 4.78 is 6.53. The lowest BCUT2D eigenvalue weighted by Crippen LogP contribution is -2.30. The predicted molar refractivity (Wildman–Crippen MR) is 117 cm³/mol. The van der Waals surface area contributed by atoms with Crippen molar-refractivity contribution in [3.8, 4) is 17.1 Å². The maximum Gasteiger partial charge on any atom is 0.238 e. The zero-order valence-electron chi connectivity index (χ0n) is 16.3. The number of hydrogen-bond acceptors (Lipinski definition) is 6. The van der Waals surface area contributed by atoms with Gasteiger partial charge in [-0.15, -0.1) is 10.2 Å². The van der Waals surface area contributed by atoms with Crippen LogP contribution in [0, 0.1) is 5.92 Å². The lowest BCUT2D eigenvalue weighted by Gasteiger charge is -2.19. The van der Waals surface area contributed by atoms with Gasteiger partial charge < -0.3 is 15.9 Å². The molecule has 29 heavy (non-hydrogen) atoms. The summed E-state index contributed by atoms with van der Waals surface area (Å²) in [6, 6.07) is 14.3. The molecule has 1 amide bonds. The molecule has 7 nitrogen and oxygen atoms in total. The molecule has 3 N–H and O–H groups in total. The number of ether oxygens (including phenoxy) is 1. The van der Waals surface area contributed by atoms with Crippen molar-refractivity contribution < 1.29 is 9.53 Å². The number of carbonyl (C=O) groups is 1. The lowest BCUT2D eigenvalue weighted by atomic mass is 10.1. The summed E-state index contributed by atoms with van der Waals surface area (Å²) in [6.07, 6.45) is 0. The van der Waals surface area contributed by atoms with Gasteiger partial charge in [-0.05, 0) is 54.4 Å². The molecular formula is C20H22ClN5O2S. The van der Waals surface area contributed by atoms with Gasteiger partial charge >= 0.3 is 0 Å². The number of aromatic nitrogens is 3. The van der Waals surface area contributed by atoms with E-state index in [0.717, 1.165) is 11.3 Å². The molecule has 0 fully saturated rings. The van der Waals surface area contributed by atoms with E-state index in [2.05, 4.69) is 15.5 Å². The summed E-state index contributed by atoms with van der Waals surface area (Å²) in [6.45, 7) is 3.95. The minimum absolute atomic E-state index is 0.0499. The van der Waals surface area contributed by atoms with Crippen LogP contribution >= 0.6 is 23.4 Å². The van der Waals surface area contributed by atoms with Crippen molar-refractivity contribution >= 4 is 35.0 Å². The highest BCUT2D eigenvalue weighted by atomic mass is 35.5. The van der Waals surface area contributed by atoms with Crippen molar-refractivity contribution in [1.82, 2.24) is 14.9 Å². The van der Waals surface area contributed by atoms with Crippen LogP contribution in [0.2, 0.25) is 5.02 Å². The Bertz CT molecular complexity index is 974. The van der Waals surface area contributed by atoms with Crippen molar-refractivity contribution in [2.45, 2.75) is 24.3 Å². The molecule has 3 rings (SSSR count). The highest BCUT2D eigenvalue weighted by Crippen LogP contribution is 2.30. The van der Waals surface area contributed by atoms with Gasteiger partial charge in [0, 0.05) is 16.3 Å². The number of thioether (sulfide) groups is 1. The fourth-order valence-corrected chi connectivity index (χ4v) is 3.73. The van der Waals surface area contributed by atoms with Crippen molar-refractivity contribution in [3.05, 3.63) is 53.6 Å². The number of carbonyl (C=O) groups excluding carboxylic acids is 1. The molecule has 1 heterocycles. The molecule has 0 aliphatic rings. The summed E-state index contributed by atoms with van der Waals surface area (Å²) in [5.74, 6) is 7.34. The number of nitrogens with zero attached hydrogens (tertiary/aromatic N) is 3. The number of rotatable bonds is 7. The van der Waals surface area contributed by atoms with Crippen LogP contribution in [-0.4, -0.2) is 33.1 Å². The SMILES string of the molecule is COc1ccc(NC(=O)C(Sc2nnc(-c3ccc(Cl)cc3)n2N)C(C)C)cc1. The average Bonchev–Trinajstić information content (AvgIpc) is 3.07. The fourth-order valence-electron chi connectivity index (χ4n) is 2.65. The van der Waals surface area contributed by atoms with Gasteiger partial charge in [0.15, 0.2) is 5.82 Å². The Morgan fingerprint density at radius 2 is 1.79 bits per heavy atom. The molecule has 0 spiro atoms. The number of halogens is 1. The summed E-state index contributed by atoms with van der Waals surface area (Å²) in [5.41, 5.74) is 1.48. The van der Waals surface area contributed by atoms with Crippen molar-refractivity contribution in [1.29, 1.82) is 0 Å². The van der Waals surface area contributed by atoms with E-state index in [0.29, 0.717) is 21.7 Å². The Kier molecular flexibility index (Phi) is 6.66. The van der Waals surface area contributed by atoms with Crippen LogP contribution < -0.4 is 15.9 Å². The fraction of sp³-hybridized carbons (Fsp3) is 0.250. The van der Waals surface area contributed by atoms with Crippen LogP contribution in [0.15, 0.2) is 53.7 Å². The van der Waals surface area contributed by atoms with Gasteiger partial charge in [-0.3, -0.25) is 4.79 Å². The maximum atomic E-state index is 12.9. The van der Waals surface area contributed by atoms with Crippen LogP contribution in [0.4, 0.5) is 5.69 Å². The first-order valence-corrected chi connectivity index (χ1v) is 10.2. The zero-order chi connectivity index (χ0) is 21.0. The van der Waals surface area contributed by atoms with E-state index < -0.39 is 5.25 Å². The second kappa shape index (κ2) is 9.19. The number of nitrogens with two attached hydrogens (primary N) is 1. The second-order valence-corrected chi connectivity index (χ2v) is 8.23. The number of benzene rings is 2. The van der Waals surface area contributed by atoms with Crippen molar-refractivity contribution in [2.75, 3.05) is 18.3 Å². The van der Waals surface area contributed by atoms with E-state index >= 15 is 0 Å². The van der Waals surface area contributed by atoms with Gasteiger partial charge in [-0.25, -0.2) is 4.68 Å². The molecule has 1 atom stereocenters. The number of amides is 1. The molecule has 9 heteroatoms. The van der Waals surface area contributed by atoms with Crippen LogP contribution in [0.3, 0.4) is 0 Å². The number of nitrogen functional groups attached to an aromatic ring is 1. The average molecular weight is 432 g/mol. The van der Waals surface area contributed by atoms with Gasteiger partial charge in [0.1, 0.15) is 5.75 Å². The van der Waals surface area contributed by atoms with Crippen molar-refractivity contribution in [2.24, 2.45) is 5.92 Å². The van der Waals surface area contributed by atoms with E-state index in [4.69, 9.17) is 22.2 Å². The van der Waals surface area contributed by atoms with Crippen LogP contribution in [-0.2, 0) is 4.79 Å². The van der Waals surface area contributed by atoms with Crippen LogP contribution in [0.25, 0.3) is 11.4 Å². The van der Waals surface area contributed by atoms with Gasteiger partial charge in [0.25, 0.3) is 0 Å². The largest absolute Gasteiger partial charge is 0.497 e. The Balaban J connectivity index is 1.76. The number of hydrogen-bond donors (Lipinski definition) is 2. The number of anilines is 1.